The van der Waals surface area contributed by atoms with Crippen molar-refractivity contribution in [2.24, 2.45) is 0 Å². The molecular weight excluding hydrogens is 426 g/mol. The lowest BCUT2D eigenvalue weighted by molar-refractivity contribution is -0.00101. The highest BCUT2D eigenvalue weighted by molar-refractivity contribution is 4.62. The lowest BCUT2D eigenvalue weighted by atomic mass is 10.0. The molecule has 0 fully saturated rings. The van der Waals surface area contributed by atoms with Crippen molar-refractivity contribution in [1.82, 2.24) is 4.90 Å². The van der Waals surface area contributed by atoms with Gasteiger partial charge in [-0.25, -0.2) is 0 Å². The third-order valence-electron chi connectivity index (χ3n) is 7.88. The van der Waals surface area contributed by atoms with Gasteiger partial charge in [-0.1, -0.05) is 175 Å². The predicted octanol–water partition coefficient (Wildman–Crippen LogP) is 11.2. The summed E-state index contributed by atoms with van der Waals surface area (Å²) in [4.78, 5) is 2.36. The monoisotopic (exact) mass is 496 g/mol. The first-order chi connectivity index (χ1) is 17.3. The van der Waals surface area contributed by atoms with E-state index in [0.29, 0.717) is 0 Å². The van der Waals surface area contributed by atoms with Crippen LogP contribution in [-0.2, 0) is 0 Å². The van der Waals surface area contributed by atoms with Crippen molar-refractivity contribution in [2.75, 3.05) is 13.1 Å². The van der Waals surface area contributed by atoms with Crippen LogP contribution in [0.5, 0.6) is 0 Å². The number of nitrogens with zero attached hydrogens (tertiary/aromatic N) is 1. The van der Waals surface area contributed by atoms with Crippen molar-refractivity contribution in [1.29, 1.82) is 0 Å². The van der Waals surface area contributed by atoms with E-state index in [9.17, 15) is 5.11 Å². The summed E-state index contributed by atoms with van der Waals surface area (Å²) in [6.45, 7) is 8.88. The summed E-state index contributed by atoms with van der Waals surface area (Å²) in [5.74, 6) is 0. The molecule has 0 aliphatic rings. The molecule has 0 radical (unpaired) electrons. The first-order valence-corrected chi connectivity index (χ1v) is 16.7. The molecule has 0 saturated carbocycles. The Morgan fingerprint density at radius 1 is 0.371 bits per heavy atom. The fourth-order valence-corrected chi connectivity index (χ4v) is 5.33. The van der Waals surface area contributed by atoms with Crippen molar-refractivity contribution in [3.8, 4) is 0 Å². The van der Waals surface area contributed by atoms with E-state index in [1.165, 1.54) is 167 Å². The smallest absolute Gasteiger partial charge is 0.107 e. The van der Waals surface area contributed by atoms with Crippen LogP contribution in [0.4, 0.5) is 0 Å². The minimum absolute atomic E-state index is 0.232. The van der Waals surface area contributed by atoms with E-state index >= 15 is 0 Å². The van der Waals surface area contributed by atoms with Gasteiger partial charge in [-0.3, -0.25) is 4.90 Å². The molecule has 0 spiro atoms. The molecule has 0 aromatic heterocycles. The Morgan fingerprint density at radius 3 is 0.829 bits per heavy atom. The Labute approximate surface area is 223 Å². The Balaban J connectivity index is 3.52. The van der Waals surface area contributed by atoms with Crippen LogP contribution in [0, 0.1) is 0 Å². The van der Waals surface area contributed by atoms with Crippen molar-refractivity contribution in [2.45, 2.75) is 200 Å². The van der Waals surface area contributed by atoms with Gasteiger partial charge in [-0.05, 0) is 19.3 Å². The molecule has 212 valence electrons. The molecule has 0 heterocycles. The molecule has 0 aliphatic carbocycles. The summed E-state index contributed by atoms with van der Waals surface area (Å²) in [6.07, 6.45) is 37.2. The molecule has 0 bridgehead atoms. The summed E-state index contributed by atoms with van der Waals surface area (Å²) in [5, 5.41) is 10.4. The molecular formula is C33H69NO. The Hall–Kier alpha value is -0.0800. The highest BCUT2D eigenvalue weighted by Gasteiger charge is 2.12. The fraction of sp³-hybridized carbons (Fsp3) is 1.00. The number of hydrogen-bond acceptors (Lipinski definition) is 2. The fourth-order valence-electron chi connectivity index (χ4n) is 5.33. The third kappa shape index (κ3) is 26.8. The number of hydrogen-bond donors (Lipinski definition) is 1. The summed E-state index contributed by atoms with van der Waals surface area (Å²) >= 11 is 0. The zero-order chi connectivity index (χ0) is 25.7. The lowest BCUT2D eigenvalue weighted by Gasteiger charge is -2.27. The molecule has 0 rings (SSSR count). The first-order valence-electron chi connectivity index (χ1n) is 16.7. The third-order valence-corrected chi connectivity index (χ3v) is 7.88. The van der Waals surface area contributed by atoms with Gasteiger partial charge in [0.15, 0.2) is 0 Å². The van der Waals surface area contributed by atoms with Crippen LogP contribution in [0.2, 0.25) is 0 Å². The molecule has 35 heavy (non-hydrogen) atoms. The summed E-state index contributed by atoms with van der Waals surface area (Å²) in [5.41, 5.74) is 0. The maximum absolute atomic E-state index is 10.4. The molecule has 0 saturated heterocycles. The number of unbranched alkanes of at least 4 members (excludes halogenated alkanes) is 24. The van der Waals surface area contributed by atoms with Crippen LogP contribution in [0.15, 0.2) is 0 Å². The normalized spacial score (nSPS) is 12.6. The van der Waals surface area contributed by atoms with E-state index in [-0.39, 0.29) is 6.23 Å². The van der Waals surface area contributed by atoms with Crippen LogP contribution in [0.3, 0.4) is 0 Å². The Kier molecular flexibility index (Phi) is 30.1. The van der Waals surface area contributed by atoms with E-state index < -0.39 is 0 Å². The number of aliphatic hydroxyl groups is 1. The van der Waals surface area contributed by atoms with Gasteiger partial charge >= 0.3 is 0 Å². The average Bonchev–Trinajstić information content (AvgIpc) is 2.87. The van der Waals surface area contributed by atoms with Crippen LogP contribution >= 0.6 is 0 Å². The molecule has 1 unspecified atom stereocenters. The van der Waals surface area contributed by atoms with Crippen LogP contribution in [0.25, 0.3) is 0 Å². The van der Waals surface area contributed by atoms with Crippen molar-refractivity contribution >= 4 is 0 Å². The van der Waals surface area contributed by atoms with Crippen LogP contribution in [0.1, 0.15) is 194 Å². The van der Waals surface area contributed by atoms with E-state index in [1.807, 2.05) is 0 Å². The van der Waals surface area contributed by atoms with Gasteiger partial charge in [-0.15, -0.1) is 0 Å². The minimum Gasteiger partial charge on any atom is -0.378 e. The summed E-state index contributed by atoms with van der Waals surface area (Å²) in [6, 6.07) is 0. The van der Waals surface area contributed by atoms with E-state index in [0.717, 1.165) is 19.5 Å². The van der Waals surface area contributed by atoms with Crippen molar-refractivity contribution in [3.63, 3.8) is 0 Å². The van der Waals surface area contributed by atoms with E-state index in [1.54, 1.807) is 0 Å². The van der Waals surface area contributed by atoms with E-state index in [4.69, 9.17) is 0 Å². The van der Waals surface area contributed by atoms with Crippen molar-refractivity contribution in [3.05, 3.63) is 0 Å². The molecule has 2 nitrogen and oxygen atoms in total. The number of aliphatic hydroxyl groups excluding tert-OH is 1. The van der Waals surface area contributed by atoms with Crippen LogP contribution in [-0.4, -0.2) is 29.3 Å². The molecule has 1 N–H and O–H groups in total. The van der Waals surface area contributed by atoms with Gasteiger partial charge in [0.2, 0.25) is 0 Å². The minimum atomic E-state index is -0.232. The summed E-state index contributed by atoms with van der Waals surface area (Å²) in [7, 11) is 0. The highest BCUT2D eigenvalue weighted by atomic mass is 16.3. The quantitative estimate of drug-likeness (QED) is 0.0790. The SMILES string of the molecule is CCCCCCCCCCCCCCCN(CCCCCCCCCCCCCCC)C(O)CC. The average molecular weight is 496 g/mol. The zero-order valence-corrected chi connectivity index (χ0v) is 25.0. The Bertz CT molecular complexity index is 342. The van der Waals surface area contributed by atoms with Crippen LogP contribution < -0.4 is 0 Å². The highest BCUT2D eigenvalue weighted by Crippen LogP contribution is 2.15. The first kappa shape index (κ1) is 34.9. The molecule has 0 amide bonds. The van der Waals surface area contributed by atoms with Gasteiger partial charge < -0.3 is 5.11 Å². The summed E-state index contributed by atoms with van der Waals surface area (Å²) < 4.78 is 0. The van der Waals surface area contributed by atoms with Crippen molar-refractivity contribution < 1.29 is 5.11 Å². The topological polar surface area (TPSA) is 23.5 Å². The standard InChI is InChI=1S/C33H69NO/c1-4-7-9-11-13-15-17-19-21-23-25-27-29-31-34(33(35)6-3)32-30-28-26-24-22-20-18-16-14-12-10-8-5-2/h33,35H,4-32H2,1-3H3. The van der Waals surface area contributed by atoms with Gasteiger partial charge in [0, 0.05) is 13.1 Å². The largest absolute Gasteiger partial charge is 0.378 e. The Morgan fingerprint density at radius 2 is 0.600 bits per heavy atom. The molecule has 0 aromatic carbocycles. The second-order valence-corrected chi connectivity index (χ2v) is 11.4. The zero-order valence-electron chi connectivity index (χ0n) is 25.0. The number of rotatable bonds is 30. The van der Waals surface area contributed by atoms with E-state index in [2.05, 4.69) is 25.7 Å². The van der Waals surface area contributed by atoms with Gasteiger partial charge in [-0.2, -0.15) is 0 Å². The second kappa shape index (κ2) is 30.1. The van der Waals surface area contributed by atoms with Gasteiger partial charge in [0.05, 0.1) is 0 Å². The predicted molar refractivity (Wildman–Crippen MR) is 159 cm³/mol. The molecule has 2 heteroatoms. The maximum Gasteiger partial charge on any atom is 0.107 e. The molecule has 0 aromatic rings. The molecule has 0 aliphatic heterocycles. The van der Waals surface area contributed by atoms with Gasteiger partial charge in [0.1, 0.15) is 6.23 Å². The second-order valence-electron chi connectivity index (χ2n) is 11.4. The van der Waals surface area contributed by atoms with Gasteiger partial charge in [0.25, 0.3) is 0 Å². The lowest BCUT2D eigenvalue weighted by Crippen LogP contribution is -2.36. The maximum atomic E-state index is 10.4. The molecule has 1 atom stereocenters.